The molecule has 3 unspecified atom stereocenters. The van der Waals surface area contributed by atoms with Crippen LogP contribution in [0, 0.1) is 16.7 Å². The van der Waals surface area contributed by atoms with Gasteiger partial charge in [-0.3, -0.25) is 14.4 Å². The Morgan fingerprint density at radius 1 is 1.18 bits per heavy atom. The lowest BCUT2D eigenvalue weighted by Crippen LogP contribution is -2.38. The van der Waals surface area contributed by atoms with Crippen molar-refractivity contribution in [2.75, 3.05) is 17.3 Å². The third-order valence-corrected chi connectivity index (χ3v) is 10.5. The van der Waals surface area contributed by atoms with Crippen molar-refractivity contribution in [1.82, 2.24) is 0 Å². The van der Waals surface area contributed by atoms with Crippen LogP contribution in [-0.4, -0.2) is 52.8 Å². The first-order valence-corrected chi connectivity index (χ1v) is 13.2. The van der Waals surface area contributed by atoms with Crippen LogP contribution in [-0.2, 0) is 35.4 Å². The molecule has 3 fully saturated rings. The van der Waals surface area contributed by atoms with Gasteiger partial charge >= 0.3 is 0 Å². The van der Waals surface area contributed by atoms with Gasteiger partial charge in [-0.2, -0.15) is 0 Å². The molecule has 0 aromatic carbocycles. The van der Waals surface area contributed by atoms with Crippen LogP contribution in [0.5, 0.6) is 0 Å². The van der Waals surface area contributed by atoms with Gasteiger partial charge in [-0.25, -0.2) is 8.42 Å². The van der Waals surface area contributed by atoms with E-state index in [4.69, 9.17) is 0 Å². The summed E-state index contributed by atoms with van der Waals surface area (Å²) >= 11 is 0. The molecule has 0 N–H and O–H groups in total. The third-order valence-electron chi connectivity index (χ3n) is 7.02. The van der Waals surface area contributed by atoms with E-state index < -0.39 is 20.8 Å². The molecule has 6 nitrogen and oxygen atoms in total. The van der Waals surface area contributed by atoms with Crippen LogP contribution in [0.3, 0.4) is 0 Å². The van der Waals surface area contributed by atoms with Gasteiger partial charge in [-0.1, -0.05) is 27.7 Å². The summed E-state index contributed by atoms with van der Waals surface area (Å²) in [5.74, 6) is 2.78. The number of carbonyl (C=O) groups excluding carboxylic acids is 3. The Balaban J connectivity index is 0.000000203. The van der Waals surface area contributed by atoms with E-state index >= 15 is 0 Å². The maximum atomic E-state index is 12.0. The monoisotopic (exact) mass is 432 g/mol. The van der Waals surface area contributed by atoms with Crippen molar-refractivity contribution in [3.63, 3.8) is 0 Å². The van der Waals surface area contributed by atoms with Crippen molar-refractivity contribution in [2.24, 2.45) is 16.7 Å². The summed E-state index contributed by atoms with van der Waals surface area (Å²) in [6.45, 7) is 7.62. The van der Waals surface area contributed by atoms with E-state index in [0.717, 1.165) is 30.1 Å². The molecule has 3 rings (SSSR count). The third kappa shape index (κ3) is 4.54. The highest BCUT2D eigenvalue weighted by atomic mass is 32.2. The van der Waals surface area contributed by atoms with E-state index in [-0.39, 0.29) is 28.0 Å². The van der Waals surface area contributed by atoms with Gasteiger partial charge in [0.1, 0.15) is 32.7 Å². The van der Waals surface area contributed by atoms with Gasteiger partial charge in [0.25, 0.3) is 0 Å². The Labute approximate surface area is 171 Å². The zero-order valence-corrected chi connectivity index (χ0v) is 18.9. The number of carbonyl (C=O) groups is 3. The van der Waals surface area contributed by atoms with E-state index in [1.807, 2.05) is 20.8 Å². The second-order valence-electron chi connectivity index (χ2n) is 8.97. The highest BCUT2D eigenvalue weighted by Crippen LogP contribution is 2.64. The molecule has 3 aliphatic rings. The summed E-state index contributed by atoms with van der Waals surface area (Å²) in [7, 11) is -4.26. The van der Waals surface area contributed by atoms with E-state index in [0.29, 0.717) is 37.2 Å². The second-order valence-corrected chi connectivity index (χ2v) is 12.8. The van der Waals surface area contributed by atoms with E-state index in [9.17, 15) is 27.4 Å². The molecule has 0 radical (unpaired) electrons. The van der Waals surface area contributed by atoms with Crippen LogP contribution in [0.4, 0.5) is 0 Å². The van der Waals surface area contributed by atoms with Gasteiger partial charge in [-0.05, 0) is 41.5 Å². The average molecular weight is 433 g/mol. The fourth-order valence-corrected chi connectivity index (χ4v) is 8.33. The van der Waals surface area contributed by atoms with Crippen molar-refractivity contribution < 1.29 is 27.4 Å². The number of Topliss-reactive ketones (excluding diaryl/α,β-unsaturated/α-hetero) is 3. The van der Waals surface area contributed by atoms with Gasteiger partial charge in [-0.15, -0.1) is 0 Å². The summed E-state index contributed by atoms with van der Waals surface area (Å²) < 4.78 is 33.3. The smallest absolute Gasteiger partial charge is 0.181 e. The van der Waals surface area contributed by atoms with Crippen LogP contribution < -0.4 is 0 Å². The summed E-state index contributed by atoms with van der Waals surface area (Å²) in [6.07, 6.45) is 4.47. The van der Waals surface area contributed by atoms with Gasteiger partial charge in [0.05, 0.1) is 12.8 Å². The van der Waals surface area contributed by atoms with Crippen LogP contribution in [0.2, 0.25) is 0 Å². The van der Waals surface area contributed by atoms with Crippen molar-refractivity contribution in [3.8, 4) is 0 Å². The normalized spacial score (nSPS) is 32.2. The number of fused-ring (bicyclic) bond motifs is 2. The van der Waals surface area contributed by atoms with Gasteiger partial charge < -0.3 is 4.55 Å². The summed E-state index contributed by atoms with van der Waals surface area (Å²) in [5.41, 5.74) is -0.994. The molecular formula is C20H32O6S2. The molecule has 2 saturated carbocycles. The fourth-order valence-electron chi connectivity index (χ4n) is 4.80. The molecule has 1 aliphatic heterocycles. The minimum atomic E-state index is -4.49. The molecule has 3 atom stereocenters. The van der Waals surface area contributed by atoms with E-state index in [2.05, 4.69) is 0 Å². The zero-order chi connectivity index (χ0) is 21.3. The predicted octanol–water partition coefficient (Wildman–Crippen LogP) is 2.26. The zero-order valence-electron chi connectivity index (χ0n) is 17.3. The summed E-state index contributed by atoms with van der Waals surface area (Å²) in [4.78, 5) is 34.2. The lowest BCUT2D eigenvalue weighted by molar-refractivity contribution is -0.128. The van der Waals surface area contributed by atoms with Gasteiger partial charge in [0.15, 0.2) is 17.3 Å². The molecule has 0 amide bonds. The molecule has 0 spiro atoms. The topological polar surface area (TPSA) is 108 Å². The van der Waals surface area contributed by atoms with Crippen molar-refractivity contribution in [3.05, 3.63) is 0 Å². The lowest BCUT2D eigenvalue weighted by Gasteiger charge is -2.32. The molecule has 8 heteroatoms. The molecule has 2 bridgehead atoms. The SMILES string of the molecule is CC12CCC(C(S(=O)(=O)[O-])C1=O)C2(C)C.CCCC(=O)C[S+]1CCC(=O)CC1. The number of hydrogen-bond acceptors (Lipinski definition) is 6. The summed E-state index contributed by atoms with van der Waals surface area (Å²) in [6, 6.07) is 0. The Bertz CT molecular complexity index is 732. The second kappa shape index (κ2) is 8.56. The molecule has 1 saturated heterocycles. The molecule has 0 aromatic heterocycles. The quantitative estimate of drug-likeness (QED) is 0.487. The number of hydrogen-bond donors (Lipinski definition) is 0. The van der Waals surface area contributed by atoms with Crippen molar-refractivity contribution in [2.45, 2.75) is 71.5 Å². The maximum absolute atomic E-state index is 12.0. The average Bonchev–Trinajstić information content (AvgIpc) is 2.89. The largest absolute Gasteiger partial charge is 0.747 e. The fraction of sp³-hybridized carbons (Fsp3) is 0.850. The van der Waals surface area contributed by atoms with E-state index in [1.54, 1.807) is 6.92 Å². The molecule has 1 heterocycles. The molecular weight excluding hydrogens is 400 g/mol. The Kier molecular flexibility index (Phi) is 7.20. The van der Waals surface area contributed by atoms with Crippen molar-refractivity contribution in [1.29, 1.82) is 0 Å². The first-order valence-electron chi connectivity index (χ1n) is 10.0. The van der Waals surface area contributed by atoms with Crippen LogP contribution in [0.1, 0.15) is 66.2 Å². The van der Waals surface area contributed by atoms with Crippen molar-refractivity contribution >= 4 is 38.4 Å². The van der Waals surface area contributed by atoms with Crippen LogP contribution in [0.15, 0.2) is 0 Å². The molecule has 28 heavy (non-hydrogen) atoms. The summed E-state index contributed by atoms with van der Waals surface area (Å²) in [5, 5.41) is -1.30. The first-order chi connectivity index (χ1) is 12.8. The Morgan fingerprint density at radius 2 is 1.75 bits per heavy atom. The maximum Gasteiger partial charge on any atom is 0.181 e. The highest BCUT2D eigenvalue weighted by Gasteiger charge is 2.67. The Morgan fingerprint density at radius 3 is 2.14 bits per heavy atom. The minimum absolute atomic E-state index is 0.233. The standard InChI is InChI=1S/C10H16O4S.C10H17O2S/c1-9(2)6-4-5-10(9,3)8(11)7(6)15(12,13)14;1-2-3-10(12)8-13-6-4-9(11)5-7-13/h6-7H,4-5H2,1-3H3,(H,12,13,14);2-8H2,1H3/q;+1/p-1. The first kappa shape index (κ1) is 23.5. The molecule has 0 aromatic rings. The highest BCUT2D eigenvalue weighted by molar-refractivity contribution is 7.97. The Hall–Kier alpha value is -0.730. The van der Waals surface area contributed by atoms with Crippen LogP contribution >= 0.6 is 0 Å². The number of ketones is 3. The predicted molar refractivity (Wildman–Crippen MR) is 109 cm³/mol. The number of rotatable bonds is 5. The lowest BCUT2D eigenvalue weighted by atomic mass is 9.70. The molecule has 2 aliphatic carbocycles. The van der Waals surface area contributed by atoms with Gasteiger partial charge in [0, 0.05) is 11.8 Å². The minimum Gasteiger partial charge on any atom is -0.747 e. The van der Waals surface area contributed by atoms with Crippen LogP contribution in [0.25, 0.3) is 0 Å². The van der Waals surface area contributed by atoms with E-state index in [1.165, 1.54) is 0 Å². The van der Waals surface area contributed by atoms with Gasteiger partial charge in [0.2, 0.25) is 0 Å². The molecule has 160 valence electrons.